The van der Waals surface area contributed by atoms with E-state index in [1.54, 1.807) is 25.3 Å². The molecule has 0 amide bonds. The molecule has 0 unspecified atom stereocenters. The molecular formula is C13H20N2O3. The Hall–Kier alpha value is -1.46. The average Bonchev–Trinajstić information content (AvgIpc) is 2.92. The summed E-state index contributed by atoms with van der Waals surface area (Å²) in [5.41, 5.74) is 2.69. The number of benzene rings is 1. The van der Waals surface area contributed by atoms with Crippen molar-refractivity contribution in [2.75, 3.05) is 38.8 Å². The van der Waals surface area contributed by atoms with Crippen LogP contribution in [0.4, 0.5) is 5.69 Å². The molecule has 2 N–H and O–H groups in total. The van der Waals surface area contributed by atoms with E-state index in [2.05, 4.69) is 10.4 Å². The molecule has 0 aliphatic carbocycles. The fourth-order valence-corrected chi connectivity index (χ4v) is 2.15. The lowest BCUT2D eigenvalue weighted by Crippen LogP contribution is -2.25. The number of hydrogen-bond donors (Lipinski definition) is 2. The highest BCUT2D eigenvalue weighted by atomic mass is 16.5. The number of anilines is 1. The van der Waals surface area contributed by atoms with Crippen LogP contribution in [0.15, 0.2) is 18.2 Å². The predicted molar refractivity (Wildman–Crippen MR) is 69.6 cm³/mol. The second kappa shape index (κ2) is 6.47. The van der Waals surface area contributed by atoms with Crippen molar-refractivity contribution >= 4 is 5.69 Å². The Kier molecular flexibility index (Phi) is 4.66. The molecule has 0 bridgehead atoms. The molecule has 1 aromatic carbocycles. The molecule has 0 radical (unpaired) electrons. The third-order valence-corrected chi connectivity index (χ3v) is 3.16. The van der Waals surface area contributed by atoms with Gasteiger partial charge in [0.2, 0.25) is 0 Å². The van der Waals surface area contributed by atoms with Crippen LogP contribution in [0.1, 0.15) is 12.8 Å². The molecule has 2 rings (SSSR count). The zero-order valence-electron chi connectivity index (χ0n) is 10.7. The first-order chi connectivity index (χ1) is 8.83. The minimum absolute atomic E-state index is 0.590. The number of rotatable bonds is 6. The van der Waals surface area contributed by atoms with Gasteiger partial charge in [0.1, 0.15) is 6.61 Å². The highest BCUT2D eigenvalue weighted by Gasteiger charge is 2.12. The second-order valence-electron chi connectivity index (χ2n) is 4.37. The first kappa shape index (κ1) is 13.0. The molecule has 1 aliphatic heterocycles. The molecule has 18 heavy (non-hydrogen) atoms. The number of likely N-dealkylation sites (tertiary alicyclic amines) is 1. The van der Waals surface area contributed by atoms with Gasteiger partial charge in [-0.2, -0.15) is 0 Å². The van der Waals surface area contributed by atoms with Gasteiger partial charge in [0.05, 0.1) is 12.8 Å². The lowest BCUT2D eigenvalue weighted by molar-refractivity contribution is 0.230. The molecule has 1 fully saturated rings. The molecule has 0 spiro atoms. The first-order valence-corrected chi connectivity index (χ1v) is 6.27. The van der Waals surface area contributed by atoms with Crippen molar-refractivity contribution < 1.29 is 14.7 Å². The van der Waals surface area contributed by atoms with E-state index in [0.29, 0.717) is 23.8 Å². The molecule has 1 saturated heterocycles. The van der Waals surface area contributed by atoms with Crippen LogP contribution in [0.25, 0.3) is 0 Å². The van der Waals surface area contributed by atoms with Crippen molar-refractivity contribution in [2.45, 2.75) is 12.8 Å². The zero-order chi connectivity index (χ0) is 12.8. The number of hydrogen-bond acceptors (Lipinski definition) is 5. The molecule has 100 valence electrons. The first-order valence-electron chi connectivity index (χ1n) is 6.27. The van der Waals surface area contributed by atoms with Gasteiger partial charge in [-0.3, -0.25) is 15.6 Å². The molecule has 0 saturated carbocycles. The highest BCUT2D eigenvalue weighted by Crippen LogP contribution is 2.29. The van der Waals surface area contributed by atoms with Gasteiger partial charge in [-0.05, 0) is 38.1 Å². The summed E-state index contributed by atoms with van der Waals surface area (Å²) < 4.78 is 10.9. The van der Waals surface area contributed by atoms with Crippen molar-refractivity contribution in [3.8, 4) is 11.5 Å². The summed E-state index contributed by atoms with van der Waals surface area (Å²) in [5, 5.41) is 8.87. The van der Waals surface area contributed by atoms with Gasteiger partial charge in [-0.25, -0.2) is 0 Å². The number of ether oxygens (including phenoxy) is 2. The fraction of sp³-hybridized carbons (Fsp3) is 0.538. The van der Waals surface area contributed by atoms with E-state index >= 15 is 0 Å². The molecule has 1 aromatic rings. The highest BCUT2D eigenvalue weighted by molar-refractivity contribution is 5.53. The molecule has 5 nitrogen and oxygen atoms in total. The van der Waals surface area contributed by atoms with E-state index in [0.717, 1.165) is 6.54 Å². The summed E-state index contributed by atoms with van der Waals surface area (Å²) >= 11 is 0. The minimum atomic E-state index is 0.590. The number of nitrogens with zero attached hydrogens (tertiary/aromatic N) is 1. The van der Waals surface area contributed by atoms with Crippen molar-refractivity contribution in [1.29, 1.82) is 0 Å². The topological polar surface area (TPSA) is 54.0 Å². The summed E-state index contributed by atoms with van der Waals surface area (Å²) in [7, 11) is 1.61. The average molecular weight is 252 g/mol. The van der Waals surface area contributed by atoms with Gasteiger partial charge in [0.15, 0.2) is 11.5 Å². The Morgan fingerprint density at radius 2 is 2.06 bits per heavy atom. The van der Waals surface area contributed by atoms with Crippen LogP contribution in [0.3, 0.4) is 0 Å². The normalized spacial score (nSPS) is 15.7. The quantitative estimate of drug-likeness (QED) is 0.758. The van der Waals surface area contributed by atoms with Crippen LogP contribution in [0, 0.1) is 0 Å². The van der Waals surface area contributed by atoms with Crippen molar-refractivity contribution in [3.05, 3.63) is 18.2 Å². The van der Waals surface area contributed by atoms with Crippen LogP contribution < -0.4 is 15.0 Å². The van der Waals surface area contributed by atoms with Crippen molar-refractivity contribution in [1.82, 2.24) is 4.90 Å². The van der Waals surface area contributed by atoms with Crippen LogP contribution in [-0.2, 0) is 0 Å². The maximum absolute atomic E-state index is 8.87. The molecular weight excluding hydrogens is 232 g/mol. The van der Waals surface area contributed by atoms with E-state index in [4.69, 9.17) is 14.7 Å². The second-order valence-corrected chi connectivity index (χ2v) is 4.37. The Labute approximate surface area is 107 Å². The van der Waals surface area contributed by atoms with Crippen molar-refractivity contribution in [3.63, 3.8) is 0 Å². The van der Waals surface area contributed by atoms with Gasteiger partial charge in [-0.1, -0.05) is 0 Å². The van der Waals surface area contributed by atoms with Crippen LogP contribution >= 0.6 is 0 Å². The Balaban J connectivity index is 1.89. The van der Waals surface area contributed by atoms with E-state index in [1.807, 2.05) is 0 Å². The fourth-order valence-electron chi connectivity index (χ4n) is 2.15. The third kappa shape index (κ3) is 3.27. The Morgan fingerprint density at radius 3 is 2.72 bits per heavy atom. The maximum Gasteiger partial charge on any atom is 0.163 e. The van der Waals surface area contributed by atoms with Crippen LogP contribution in [0.2, 0.25) is 0 Å². The zero-order valence-corrected chi connectivity index (χ0v) is 10.7. The predicted octanol–water partition coefficient (Wildman–Crippen LogP) is 1.97. The van der Waals surface area contributed by atoms with E-state index in [-0.39, 0.29) is 0 Å². The summed E-state index contributed by atoms with van der Waals surface area (Å²) in [6, 6.07) is 5.22. The monoisotopic (exact) mass is 252 g/mol. The van der Waals surface area contributed by atoms with Gasteiger partial charge in [-0.15, -0.1) is 0 Å². The Morgan fingerprint density at radius 1 is 1.28 bits per heavy atom. The van der Waals surface area contributed by atoms with Gasteiger partial charge < -0.3 is 9.47 Å². The third-order valence-electron chi connectivity index (χ3n) is 3.16. The molecule has 5 heteroatoms. The van der Waals surface area contributed by atoms with Crippen LogP contribution in [0.5, 0.6) is 11.5 Å². The summed E-state index contributed by atoms with van der Waals surface area (Å²) in [4.78, 5) is 2.39. The SMILES string of the molecule is COc1ccc(NO)cc1OCCN1CCCC1. The van der Waals surface area contributed by atoms with Gasteiger partial charge >= 0.3 is 0 Å². The largest absolute Gasteiger partial charge is 0.493 e. The van der Waals surface area contributed by atoms with Gasteiger partial charge in [0.25, 0.3) is 0 Å². The number of nitrogens with one attached hydrogen (secondary N) is 1. The molecule has 0 atom stereocenters. The van der Waals surface area contributed by atoms with E-state index < -0.39 is 0 Å². The maximum atomic E-state index is 8.87. The minimum Gasteiger partial charge on any atom is -0.493 e. The van der Waals surface area contributed by atoms with Crippen molar-refractivity contribution in [2.24, 2.45) is 0 Å². The summed E-state index contributed by atoms with van der Waals surface area (Å²) in [6.07, 6.45) is 2.57. The lowest BCUT2D eigenvalue weighted by atomic mass is 10.3. The molecule has 0 aromatic heterocycles. The number of methoxy groups -OCH3 is 1. The Bertz CT molecular complexity index is 378. The smallest absolute Gasteiger partial charge is 0.163 e. The van der Waals surface area contributed by atoms with E-state index in [1.165, 1.54) is 25.9 Å². The summed E-state index contributed by atoms with van der Waals surface area (Å²) in [6.45, 7) is 3.89. The van der Waals surface area contributed by atoms with E-state index in [9.17, 15) is 0 Å². The van der Waals surface area contributed by atoms with Gasteiger partial charge in [0, 0.05) is 12.6 Å². The lowest BCUT2D eigenvalue weighted by Gasteiger charge is -2.16. The van der Waals surface area contributed by atoms with Crippen LogP contribution in [-0.4, -0.2) is 43.5 Å². The standard InChI is InChI=1S/C13H20N2O3/c1-17-12-5-4-11(14-16)10-13(12)18-9-8-15-6-2-3-7-15/h4-5,10,14,16H,2-3,6-9H2,1H3. The molecule has 1 heterocycles. The molecule has 1 aliphatic rings. The summed E-state index contributed by atoms with van der Waals surface area (Å²) in [5.74, 6) is 1.33.